The number of likely N-dealkylation sites (N-methyl/N-ethyl adjacent to an activating group) is 1. The highest BCUT2D eigenvalue weighted by atomic mass is 15.2. The molecule has 146 valence electrons. The van der Waals surface area contributed by atoms with Gasteiger partial charge in [-0.2, -0.15) is 0 Å². The normalized spacial score (nSPS) is 15.9. The maximum atomic E-state index is 4.43. The Bertz CT molecular complexity index is 727. The van der Waals surface area contributed by atoms with Crippen LogP contribution in [0.15, 0.2) is 72.2 Å². The van der Waals surface area contributed by atoms with Crippen molar-refractivity contribution in [3.05, 3.63) is 77.8 Å². The summed E-state index contributed by atoms with van der Waals surface area (Å²) in [5.41, 5.74) is 7.03. The average Bonchev–Trinajstić information content (AvgIpc) is 2.77. The molecule has 0 bridgehead atoms. The standard InChI is InChI=1S/C24H35N3/c1-7-10-12-21-13-11-14-22(18-21)27-16-15-26(6)24(17-19(4)25-9-3)23(8-2)20(27)5/h8,11,13-14,17-18,25H,2,5,7,9-10,12,15-16H2,1,3-4,6H3/b19-17+. The van der Waals surface area contributed by atoms with Gasteiger partial charge in [0, 0.05) is 55.0 Å². The van der Waals surface area contributed by atoms with Crippen molar-refractivity contribution >= 4 is 5.69 Å². The van der Waals surface area contributed by atoms with Gasteiger partial charge in [0.25, 0.3) is 0 Å². The van der Waals surface area contributed by atoms with Gasteiger partial charge in [-0.3, -0.25) is 0 Å². The molecule has 3 heteroatoms. The maximum Gasteiger partial charge on any atom is 0.0475 e. The molecule has 0 amide bonds. The summed E-state index contributed by atoms with van der Waals surface area (Å²) >= 11 is 0. The van der Waals surface area contributed by atoms with Crippen LogP contribution in [0, 0.1) is 0 Å². The van der Waals surface area contributed by atoms with Crippen LogP contribution in [0.3, 0.4) is 0 Å². The third kappa shape index (κ3) is 5.29. The molecule has 0 saturated carbocycles. The number of anilines is 1. The van der Waals surface area contributed by atoms with Gasteiger partial charge in [0.05, 0.1) is 0 Å². The van der Waals surface area contributed by atoms with Crippen LogP contribution >= 0.6 is 0 Å². The first kappa shape index (κ1) is 20.9. The van der Waals surface area contributed by atoms with E-state index >= 15 is 0 Å². The Morgan fingerprint density at radius 2 is 2.04 bits per heavy atom. The van der Waals surface area contributed by atoms with E-state index in [4.69, 9.17) is 0 Å². The lowest BCUT2D eigenvalue weighted by Gasteiger charge is -2.26. The predicted octanol–water partition coefficient (Wildman–Crippen LogP) is 5.25. The summed E-state index contributed by atoms with van der Waals surface area (Å²) in [6.45, 7) is 17.7. The fraction of sp³-hybridized carbons (Fsp3) is 0.417. The Kier molecular flexibility index (Phi) is 7.78. The first-order valence-corrected chi connectivity index (χ1v) is 10.1. The molecule has 1 aromatic carbocycles. The van der Waals surface area contributed by atoms with E-state index in [2.05, 4.69) is 86.4 Å². The highest BCUT2D eigenvalue weighted by molar-refractivity contribution is 5.61. The van der Waals surface area contributed by atoms with Crippen molar-refractivity contribution in [2.75, 3.05) is 31.6 Å². The van der Waals surface area contributed by atoms with Gasteiger partial charge in [-0.05, 0) is 50.5 Å². The molecular formula is C24H35N3. The zero-order valence-electron chi connectivity index (χ0n) is 17.5. The third-order valence-electron chi connectivity index (χ3n) is 5.04. The van der Waals surface area contributed by atoms with Crippen LogP contribution in [-0.4, -0.2) is 31.6 Å². The van der Waals surface area contributed by atoms with Gasteiger partial charge in [0.2, 0.25) is 0 Å². The smallest absolute Gasteiger partial charge is 0.0475 e. The van der Waals surface area contributed by atoms with Crippen LogP contribution in [0.1, 0.15) is 39.2 Å². The van der Waals surface area contributed by atoms with E-state index in [0.717, 1.165) is 48.7 Å². The lowest BCUT2D eigenvalue weighted by atomic mass is 10.1. The molecule has 0 atom stereocenters. The first-order valence-electron chi connectivity index (χ1n) is 10.1. The summed E-state index contributed by atoms with van der Waals surface area (Å²) in [4.78, 5) is 4.62. The minimum atomic E-state index is 0.904. The van der Waals surface area contributed by atoms with Crippen LogP contribution in [0.25, 0.3) is 0 Å². The van der Waals surface area contributed by atoms with E-state index in [1.165, 1.54) is 24.1 Å². The molecule has 0 saturated heterocycles. The SMILES string of the molecule is C=CC1=C(/C=C(\C)NCC)N(C)CCN(c2cccc(CCCC)c2)C1=C. The van der Waals surface area contributed by atoms with Gasteiger partial charge in [-0.1, -0.05) is 44.7 Å². The van der Waals surface area contributed by atoms with Crippen molar-refractivity contribution in [3.63, 3.8) is 0 Å². The van der Waals surface area contributed by atoms with E-state index in [0.29, 0.717) is 0 Å². The Morgan fingerprint density at radius 3 is 2.70 bits per heavy atom. The van der Waals surface area contributed by atoms with Crippen LogP contribution in [-0.2, 0) is 6.42 Å². The highest BCUT2D eigenvalue weighted by Crippen LogP contribution is 2.30. The Labute approximate surface area is 165 Å². The van der Waals surface area contributed by atoms with Crippen molar-refractivity contribution in [2.24, 2.45) is 0 Å². The molecule has 0 fully saturated rings. The number of aryl methyl sites for hydroxylation is 1. The zero-order valence-corrected chi connectivity index (χ0v) is 17.5. The highest BCUT2D eigenvalue weighted by Gasteiger charge is 2.22. The van der Waals surface area contributed by atoms with Crippen molar-refractivity contribution in [2.45, 2.75) is 40.0 Å². The Morgan fingerprint density at radius 1 is 1.26 bits per heavy atom. The second kappa shape index (κ2) is 10.1. The number of rotatable bonds is 8. The molecule has 0 aliphatic carbocycles. The van der Waals surface area contributed by atoms with Crippen LogP contribution < -0.4 is 10.2 Å². The van der Waals surface area contributed by atoms with Crippen molar-refractivity contribution < 1.29 is 0 Å². The summed E-state index contributed by atoms with van der Waals surface area (Å²) in [6.07, 6.45) is 7.71. The quantitative estimate of drug-likeness (QED) is 0.679. The number of benzene rings is 1. The van der Waals surface area contributed by atoms with Crippen molar-refractivity contribution in [1.29, 1.82) is 0 Å². The maximum absolute atomic E-state index is 4.43. The molecule has 2 rings (SSSR count). The minimum absolute atomic E-state index is 0.904. The van der Waals surface area contributed by atoms with Crippen molar-refractivity contribution in [1.82, 2.24) is 10.2 Å². The molecule has 1 heterocycles. The summed E-state index contributed by atoms with van der Waals surface area (Å²) in [7, 11) is 2.14. The Balaban J connectivity index is 2.40. The lowest BCUT2D eigenvalue weighted by Crippen LogP contribution is -2.28. The summed E-state index contributed by atoms with van der Waals surface area (Å²) in [6, 6.07) is 8.89. The molecule has 1 aromatic rings. The second-order valence-corrected chi connectivity index (χ2v) is 7.15. The molecular weight excluding hydrogens is 330 g/mol. The van der Waals surface area contributed by atoms with E-state index < -0.39 is 0 Å². The zero-order chi connectivity index (χ0) is 19.8. The monoisotopic (exact) mass is 365 g/mol. The largest absolute Gasteiger partial charge is 0.389 e. The number of hydrogen-bond acceptors (Lipinski definition) is 3. The number of allylic oxidation sites excluding steroid dienone is 3. The average molecular weight is 366 g/mol. The number of hydrogen-bond donors (Lipinski definition) is 1. The van der Waals surface area contributed by atoms with E-state index in [9.17, 15) is 0 Å². The Hall–Kier alpha value is -2.42. The molecule has 1 aliphatic heterocycles. The van der Waals surface area contributed by atoms with Crippen LogP contribution in [0.5, 0.6) is 0 Å². The van der Waals surface area contributed by atoms with Gasteiger partial charge >= 0.3 is 0 Å². The minimum Gasteiger partial charge on any atom is -0.389 e. The van der Waals surface area contributed by atoms with E-state index in [1.54, 1.807) is 0 Å². The molecule has 27 heavy (non-hydrogen) atoms. The van der Waals surface area contributed by atoms with Crippen LogP contribution in [0.2, 0.25) is 0 Å². The lowest BCUT2D eigenvalue weighted by molar-refractivity contribution is 0.443. The molecule has 1 N–H and O–H groups in total. The molecule has 1 aliphatic rings. The fourth-order valence-corrected chi connectivity index (χ4v) is 3.50. The van der Waals surface area contributed by atoms with E-state index in [1.807, 2.05) is 6.08 Å². The second-order valence-electron chi connectivity index (χ2n) is 7.15. The number of nitrogens with zero attached hydrogens (tertiary/aromatic N) is 2. The molecule has 0 spiro atoms. The topological polar surface area (TPSA) is 18.5 Å². The molecule has 0 radical (unpaired) electrons. The van der Waals surface area contributed by atoms with Gasteiger partial charge in [-0.25, -0.2) is 0 Å². The van der Waals surface area contributed by atoms with Gasteiger partial charge in [0.1, 0.15) is 0 Å². The van der Waals surface area contributed by atoms with Gasteiger partial charge in [-0.15, -0.1) is 0 Å². The molecule has 0 aromatic heterocycles. The van der Waals surface area contributed by atoms with Gasteiger partial charge < -0.3 is 15.1 Å². The van der Waals surface area contributed by atoms with Crippen molar-refractivity contribution in [3.8, 4) is 0 Å². The van der Waals surface area contributed by atoms with Gasteiger partial charge in [0.15, 0.2) is 0 Å². The first-order chi connectivity index (χ1) is 13.0. The molecule has 0 unspecified atom stereocenters. The number of unbranched alkanes of at least 4 members (excludes halogenated alkanes) is 1. The predicted molar refractivity (Wildman–Crippen MR) is 119 cm³/mol. The number of nitrogens with one attached hydrogen (secondary N) is 1. The fourth-order valence-electron chi connectivity index (χ4n) is 3.50. The summed E-state index contributed by atoms with van der Waals surface area (Å²) < 4.78 is 0. The third-order valence-corrected chi connectivity index (χ3v) is 5.04. The summed E-state index contributed by atoms with van der Waals surface area (Å²) in [5.74, 6) is 0. The summed E-state index contributed by atoms with van der Waals surface area (Å²) in [5, 5.41) is 3.39. The molecule has 3 nitrogen and oxygen atoms in total. The van der Waals surface area contributed by atoms with Crippen LogP contribution in [0.4, 0.5) is 5.69 Å². The van der Waals surface area contributed by atoms with E-state index in [-0.39, 0.29) is 0 Å².